The number of ketones is 1. The van der Waals surface area contributed by atoms with Crippen LogP contribution >= 0.6 is 11.6 Å². The molecule has 0 aliphatic carbocycles. The predicted octanol–water partition coefficient (Wildman–Crippen LogP) is 4.17. The summed E-state index contributed by atoms with van der Waals surface area (Å²) in [7, 11) is 0. The maximum absolute atomic E-state index is 12.9. The number of anilines is 1. The number of nitro benzene ring substituents is 1. The summed E-state index contributed by atoms with van der Waals surface area (Å²) in [6.07, 6.45) is 0. The van der Waals surface area contributed by atoms with Crippen molar-refractivity contribution >= 4 is 40.6 Å². The van der Waals surface area contributed by atoms with Gasteiger partial charge in [-0.05, 0) is 48.9 Å². The molecule has 1 aliphatic heterocycles. The summed E-state index contributed by atoms with van der Waals surface area (Å²) in [5.74, 6) is -1.74. The normalized spacial score (nSPS) is 17.9. The fourth-order valence-electron chi connectivity index (χ4n) is 3.39. The molecular weight excluding hydrogens is 426 g/mol. The Labute approximate surface area is 180 Å². The zero-order valence-corrected chi connectivity index (χ0v) is 16.7. The molecule has 1 saturated heterocycles. The van der Waals surface area contributed by atoms with Crippen LogP contribution in [0.2, 0.25) is 5.02 Å². The lowest BCUT2D eigenvalue weighted by Gasteiger charge is -2.22. The van der Waals surface area contributed by atoms with Crippen molar-refractivity contribution in [2.24, 2.45) is 0 Å². The third-order valence-electron chi connectivity index (χ3n) is 4.84. The summed E-state index contributed by atoms with van der Waals surface area (Å²) >= 11 is 5.90. The van der Waals surface area contributed by atoms with E-state index < -0.39 is 28.4 Å². The van der Waals surface area contributed by atoms with Crippen LogP contribution in [0.5, 0.6) is 0 Å². The predicted molar refractivity (Wildman–Crippen MR) is 111 cm³/mol. The minimum atomic E-state index is -1.07. The zero-order chi connectivity index (χ0) is 22.3. The van der Waals surface area contributed by atoms with E-state index >= 15 is 0 Å². The van der Waals surface area contributed by atoms with Crippen molar-refractivity contribution < 1.29 is 24.1 Å². The molecule has 9 nitrogen and oxygen atoms in total. The van der Waals surface area contributed by atoms with E-state index in [-0.39, 0.29) is 22.6 Å². The highest BCUT2D eigenvalue weighted by molar-refractivity contribution is 6.51. The van der Waals surface area contributed by atoms with E-state index in [1.807, 2.05) is 0 Å². The van der Waals surface area contributed by atoms with Gasteiger partial charge in [-0.15, -0.1) is 0 Å². The molecule has 1 amide bonds. The van der Waals surface area contributed by atoms with Crippen LogP contribution in [0, 0.1) is 17.0 Å². The third-order valence-corrected chi connectivity index (χ3v) is 5.10. The van der Waals surface area contributed by atoms with Crippen molar-refractivity contribution in [1.29, 1.82) is 0 Å². The number of halogens is 1. The number of carbonyl (C=O) groups is 2. The molecule has 1 fully saturated rings. The average Bonchev–Trinajstić information content (AvgIpc) is 3.29. The number of aromatic nitrogens is 1. The van der Waals surface area contributed by atoms with Gasteiger partial charge in [0.2, 0.25) is 0 Å². The first-order valence-electron chi connectivity index (χ1n) is 9.02. The topological polar surface area (TPSA) is 127 Å². The molecule has 1 aromatic heterocycles. The van der Waals surface area contributed by atoms with Gasteiger partial charge in [0.05, 0.1) is 16.5 Å². The molecule has 3 aromatic rings. The number of hydrogen-bond acceptors (Lipinski definition) is 7. The first-order chi connectivity index (χ1) is 14.8. The van der Waals surface area contributed by atoms with Crippen molar-refractivity contribution in [3.8, 4) is 0 Å². The zero-order valence-electron chi connectivity index (χ0n) is 16.0. The van der Waals surface area contributed by atoms with Crippen molar-refractivity contribution in [2.45, 2.75) is 13.0 Å². The summed E-state index contributed by atoms with van der Waals surface area (Å²) in [5, 5.41) is 26.2. The van der Waals surface area contributed by atoms with Gasteiger partial charge in [0.25, 0.3) is 11.5 Å². The lowest BCUT2D eigenvalue weighted by Crippen LogP contribution is -2.29. The number of rotatable bonds is 4. The van der Waals surface area contributed by atoms with Crippen LogP contribution in [0.4, 0.5) is 11.5 Å². The number of carbonyl (C=O) groups excluding carboxylic acids is 2. The molecule has 0 radical (unpaired) electrons. The maximum Gasteiger partial charge on any atom is 0.301 e. The summed E-state index contributed by atoms with van der Waals surface area (Å²) in [4.78, 5) is 37.4. The van der Waals surface area contributed by atoms with E-state index in [1.165, 1.54) is 54.6 Å². The number of non-ortho nitro benzene ring substituents is 1. The molecule has 0 saturated carbocycles. The molecule has 0 spiro atoms. The highest BCUT2D eigenvalue weighted by atomic mass is 35.5. The molecule has 1 atom stereocenters. The number of amides is 1. The maximum atomic E-state index is 12.9. The number of benzene rings is 2. The van der Waals surface area contributed by atoms with Gasteiger partial charge < -0.3 is 9.63 Å². The first kappa shape index (κ1) is 20.3. The van der Waals surface area contributed by atoms with Crippen LogP contribution in [0.3, 0.4) is 0 Å². The van der Waals surface area contributed by atoms with Crippen molar-refractivity contribution in [2.75, 3.05) is 4.90 Å². The number of hydrogen-bond donors (Lipinski definition) is 1. The summed E-state index contributed by atoms with van der Waals surface area (Å²) < 4.78 is 5.05. The number of nitro groups is 1. The quantitative estimate of drug-likeness (QED) is 0.212. The highest BCUT2D eigenvalue weighted by Gasteiger charge is 2.48. The van der Waals surface area contributed by atoms with Crippen LogP contribution in [0.25, 0.3) is 5.76 Å². The number of aryl methyl sites for hydroxylation is 1. The van der Waals surface area contributed by atoms with Gasteiger partial charge in [0.15, 0.2) is 5.82 Å². The monoisotopic (exact) mass is 439 g/mol. The number of aliphatic hydroxyl groups is 1. The first-order valence-corrected chi connectivity index (χ1v) is 9.40. The standard InChI is InChI=1S/C21H14ClN3O6/c1-11-10-16(23-31-11)24-18(12-4-8-15(9-5-12)25(29)30)17(20(27)21(24)28)19(26)13-2-6-14(22)7-3-13/h2-10,18,26H,1H3/b19-17-. The van der Waals surface area contributed by atoms with Crippen LogP contribution in [0.1, 0.15) is 22.9 Å². The second kappa shape index (κ2) is 7.69. The SMILES string of the molecule is Cc1cc(N2C(=O)C(=O)/C(=C(\O)c3ccc(Cl)cc3)C2c2ccc([N+](=O)[O-])cc2)no1. The van der Waals surface area contributed by atoms with Crippen LogP contribution in [-0.4, -0.2) is 26.9 Å². The Morgan fingerprint density at radius 2 is 1.81 bits per heavy atom. The fourth-order valence-corrected chi connectivity index (χ4v) is 3.52. The van der Waals surface area contributed by atoms with E-state index in [1.54, 1.807) is 6.92 Å². The second-order valence-electron chi connectivity index (χ2n) is 6.82. The number of Topliss-reactive ketones (excluding diaryl/α,β-unsaturated/α-hetero) is 1. The van der Waals surface area contributed by atoms with Gasteiger partial charge in [0, 0.05) is 28.8 Å². The minimum absolute atomic E-state index is 0.0816. The molecule has 0 bridgehead atoms. The van der Waals surface area contributed by atoms with Crippen molar-refractivity contribution in [3.63, 3.8) is 0 Å². The Morgan fingerprint density at radius 3 is 2.35 bits per heavy atom. The van der Waals surface area contributed by atoms with E-state index in [2.05, 4.69) is 5.16 Å². The summed E-state index contributed by atoms with van der Waals surface area (Å²) in [5.41, 5.74) is 0.323. The molecule has 4 rings (SSSR count). The Kier molecular flexibility index (Phi) is 5.04. The third kappa shape index (κ3) is 3.55. The number of aliphatic hydroxyl groups excluding tert-OH is 1. The van der Waals surface area contributed by atoms with Gasteiger partial charge in [-0.25, -0.2) is 0 Å². The molecule has 1 N–H and O–H groups in total. The van der Waals surface area contributed by atoms with Gasteiger partial charge in [-0.1, -0.05) is 16.8 Å². The van der Waals surface area contributed by atoms with Crippen LogP contribution in [0.15, 0.2) is 64.7 Å². The number of nitrogens with zero attached hydrogens (tertiary/aromatic N) is 3. The summed E-state index contributed by atoms with van der Waals surface area (Å²) in [6, 6.07) is 11.9. The second-order valence-corrected chi connectivity index (χ2v) is 7.26. The molecule has 156 valence electrons. The lowest BCUT2D eigenvalue weighted by atomic mass is 9.95. The smallest absolute Gasteiger partial charge is 0.301 e. The Hall–Kier alpha value is -3.98. The molecule has 31 heavy (non-hydrogen) atoms. The van der Waals surface area contributed by atoms with E-state index in [0.29, 0.717) is 16.3 Å². The lowest BCUT2D eigenvalue weighted by molar-refractivity contribution is -0.384. The van der Waals surface area contributed by atoms with E-state index in [4.69, 9.17) is 16.1 Å². The Bertz CT molecular complexity index is 1230. The molecule has 2 heterocycles. The molecule has 10 heteroatoms. The molecule has 1 unspecified atom stereocenters. The van der Waals surface area contributed by atoms with E-state index in [0.717, 1.165) is 4.90 Å². The summed E-state index contributed by atoms with van der Waals surface area (Å²) in [6.45, 7) is 1.63. The van der Waals surface area contributed by atoms with Crippen molar-refractivity contribution in [1.82, 2.24) is 5.16 Å². The van der Waals surface area contributed by atoms with E-state index in [9.17, 15) is 24.8 Å². The van der Waals surface area contributed by atoms with Crippen LogP contribution in [-0.2, 0) is 9.59 Å². The molecule has 2 aromatic carbocycles. The highest BCUT2D eigenvalue weighted by Crippen LogP contribution is 2.42. The average molecular weight is 440 g/mol. The van der Waals surface area contributed by atoms with Gasteiger partial charge >= 0.3 is 5.91 Å². The fraction of sp³-hybridized carbons (Fsp3) is 0.0952. The van der Waals surface area contributed by atoms with Gasteiger partial charge in [-0.2, -0.15) is 0 Å². The Balaban J connectivity index is 1.92. The van der Waals surface area contributed by atoms with Crippen LogP contribution < -0.4 is 4.90 Å². The van der Waals surface area contributed by atoms with Gasteiger partial charge in [-0.3, -0.25) is 24.6 Å². The molecule has 1 aliphatic rings. The largest absolute Gasteiger partial charge is 0.507 e. The minimum Gasteiger partial charge on any atom is -0.507 e. The molecular formula is C21H14ClN3O6. The Morgan fingerprint density at radius 1 is 1.16 bits per heavy atom. The van der Waals surface area contributed by atoms with Crippen molar-refractivity contribution in [3.05, 3.63) is 92.2 Å². The van der Waals surface area contributed by atoms with Gasteiger partial charge in [0.1, 0.15) is 11.5 Å².